The van der Waals surface area contributed by atoms with Gasteiger partial charge in [-0.05, 0) is 0 Å². The Kier molecular flexibility index (Phi) is 12.5. The Hall–Kier alpha value is -0.840. The van der Waals surface area contributed by atoms with E-state index in [1.54, 1.807) is 0 Å². The summed E-state index contributed by atoms with van der Waals surface area (Å²) >= 11 is 0. The first-order chi connectivity index (χ1) is 21.2. The molecule has 4 saturated heterocycles. The van der Waals surface area contributed by atoms with Gasteiger partial charge in [-0.2, -0.15) is 0 Å². The molecule has 0 radical (unpaired) electrons. The Balaban J connectivity index is 1.40. The number of aliphatic hydroxyl groups excluding tert-OH is 14. The Morgan fingerprint density at radius 3 is 1.56 bits per heavy atom. The molecule has 19 atom stereocenters. The van der Waals surface area contributed by atoms with Crippen molar-refractivity contribution >= 4 is 0 Å². The SMILES string of the molecule is OC[C@H]1O[C@@](CO)(O[C@H]2O[C@H](CO[C@H]3O[C@H](CO)[C@H](O[C@H]4O[C@H](CO)[C@@H](O)[C@H](O)[C@H]4O)[C@H](O)[C@H]3O)[C@@H](O)[C@H](O)[C@H]2O)[C@@H](O)[C@@H]1O. The van der Waals surface area contributed by atoms with Gasteiger partial charge in [0.15, 0.2) is 18.9 Å². The molecule has 0 spiro atoms. The molecule has 0 unspecified atom stereocenters. The van der Waals surface area contributed by atoms with E-state index in [4.69, 9.17) is 33.2 Å². The van der Waals surface area contributed by atoms with Gasteiger partial charge in [-0.15, -0.1) is 0 Å². The highest BCUT2D eigenvalue weighted by molar-refractivity contribution is 4.99. The van der Waals surface area contributed by atoms with E-state index in [-0.39, 0.29) is 0 Å². The van der Waals surface area contributed by atoms with Gasteiger partial charge in [-0.1, -0.05) is 0 Å². The van der Waals surface area contributed by atoms with Crippen molar-refractivity contribution in [2.45, 2.75) is 116 Å². The second-order valence-electron chi connectivity index (χ2n) is 11.2. The van der Waals surface area contributed by atoms with Crippen LogP contribution in [-0.2, 0) is 33.2 Å². The molecule has 0 aliphatic carbocycles. The van der Waals surface area contributed by atoms with Crippen LogP contribution < -0.4 is 0 Å². The molecule has 4 fully saturated rings. The summed E-state index contributed by atoms with van der Waals surface area (Å²) in [5.41, 5.74) is 0. The van der Waals surface area contributed by atoms with E-state index in [1.807, 2.05) is 0 Å². The van der Waals surface area contributed by atoms with E-state index in [0.717, 1.165) is 0 Å². The van der Waals surface area contributed by atoms with Crippen LogP contribution in [0.25, 0.3) is 0 Å². The van der Waals surface area contributed by atoms with E-state index in [1.165, 1.54) is 0 Å². The predicted molar refractivity (Wildman–Crippen MR) is 134 cm³/mol. The predicted octanol–water partition coefficient (Wildman–Crippen LogP) is -9.75. The van der Waals surface area contributed by atoms with Crippen LogP contribution in [0.4, 0.5) is 0 Å². The molecular weight excluding hydrogens is 624 g/mol. The largest absolute Gasteiger partial charge is 0.394 e. The molecule has 0 saturated carbocycles. The monoisotopic (exact) mass is 666 g/mol. The van der Waals surface area contributed by atoms with Crippen LogP contribution in [0.1, 0.15) is 0 Å². The van der Waals surface area contributed by atoms with Crippen LogP contribution in [0.2, 0.25) is 0 Å². The smallest absolute Gasteiger partial charge is 0.224 e. The highest BCUT2D eigenvalue weighted by Gasteiger charge is 2.59. The van der Waals surface area contributed by atoms with Gasteiger partial charge in [0, 0.05) is 0 Å². The topological polar surface area (TPSA) is 348 Å². The number of hydrogen-bond donors (Lipinski definition) is 14. The number of rotatable bonds is 11. The summed E-state index contributed by atoms with van der Waals surface area (Å²) in [7, 11) is 0. The second-order valence-corrected chi connectivity index (χ2v) is 11.2. The van der Waals surface area contributed by atoms with Crippen LogP contribution in [-0.4, -0.2) is 221 Å². The Bertz CT molecular complexity index is 929. The van der Waals surface area contributed by atoms with Crippen molar-refractivity contribution < 1.29 is 105 Å². The molecule has 4 aliphatic rings. The van der Waals surface area contributed by atoms with Crippen molar-refractivity contribution in [2.75, 3.05) is 33.0 Å². The third-order valence-electron chi connectivity index (χ3n) is 8.28. The van der Waals surface area contributed by atoms with Crippen molar-refractivity contribution in [1.29, 1.82) is 0 Å². The zero-order chi connectivity index (χ0) is 33.4. The minimum Gasteiger partial charge on any atom is -0.394 e. The normalized spacial score (nSPS) is 52.7. The van der Waals surface area contributed by atoms with Gasteiger partial charge < -0.3 is 105 Å². The molecule has 14 N–H and O–H groups in total. The van der Waals surface area contributed by atoms with E-state index in [2.05, 4.69) is 0 Å². The average molecular weight is 667 g/mol. The van der Waals surface area contributed by atoms with Gasteiger partial charge in [-0.25, -0.2) is 0 Å². The van der Waals surface area contributed by atoms with Crippen molar-refractivity contribution in [3.63, 3.8) is 0 Å². The Morgan fingerprint density at radius 1 is 0.489 bits per heavy atom. The van der Waals surface area contributed by atoms with Crippen LogP contribution in [0.5, 0.6) is 0 Å². The van der Waals surface area contributed by atoms with Crippen LogP contribution in [0, 0.1) is 0 Å². The lowest BCUT2D eigenvalue weighted by atomic mass is 9.97. The number of ether oxygens (including phenoxy) is 7. The van der Waals surface area contributed by atoms with Crippen molar-refractivity contribution in [3.8, 4) is 0 Å². The van der Waals surface area contributed by atoms with E-state index in [0.29, 0.717) is 0 Å². The molecule has 21 heteroatoms. The molecule has 21 nitrogen and oxygen atoms in total. The fraction of sp³-hybridized carbons (Fsp3) is 1.00. The van der Waals surface area contributed by atoms with Gasteiger partial charge in [0.05, 0.1) is 26.4 Å². The van der Waals surface area contributed by atoms with Gasteiger partial charge in [0.1, 0.15) is 98.2 Å². The van der Waals surface area contributed by atoms with Crippen molar-refractivity contribution in [2.24, 2.45) is 0 Å². The standard InChI is InChI=1S/C24H42O21/c25-1-6-10(29)13(32)16(35)22(40-6)43-19-8(3-27)41-21(18(37)15(19)34)39-4-9-11(30)14(33)17(36)23(42-9)45-24(5-28)20(38)12(31)7(2-26)44-24/h6-23,25-38H,1-5H2/t6-,7-,8-,9-,10-,11-,12-,13+,14+,15-,16-,17-,18-,19+,20+,21+,22-,23-,24+/m1/s1. The van der Waals surface area contributed by atoms with Crippen molar-refractivity contribution in [1.82, 2.24) is 0 Å². The molecule has 4 aliphatic heterocycles. The maximum atomic E-state index is 10.8. The molecule has 0 aromatic rings. The lowest BCUT2D eigenvalue weighted by Gasteiger charge is -2.46. The van der Waals surface area contributed by atoms with E-state index in [9.17, 15) is 71.5 Å². The minimum atomic E-state index is -2.43. The lowest BCUT2D eigenvalue weighted by molar-refractivity contribution is -0.390. The van der Waals surface area contributed by atoms with Crippen LogP contribution in [0.3, 0.4) is 0 Å². The van der Waals surface area contributed by atoms with Gasteiger partial charge in [0.2, 0.25) is 5.79 Å². The molecule has 0 aromatic carbocycles. The van der Waals surface area contributed by atoms with Gasteiger partial charge in [-0.3, -0.25) is 0 Å². The molecular formula is C24H42O21. The molecule has 0 bridgehead atoms. The summed E-state index contributed by atoms with van der Waals surface area (Å²) in [5, 5.41) is 142. The van der Waals surface area contributed by atoms with Crippen LogP contribution in [0.15, 0.2) is 0 Å². The zero-order valence-electron chi connectivity index (χ0n) is 23.5. The average Bonchev–Trinajstić information content (AvgIpc) is 3.28. The fourth-order valence-corrected chi connectivity index (χ4v) is 5.50. The molecule has 0 aromatic heterocycles. The lowest BCUT2D eigenvalue weighted by Crippen LogP contribution is -2.65. The van der Waals surface area contributed by atoms with Gasteiger partial charge in [0.25, 0.3) is 0 Å². The summed E-state index contributed by atoms with van der Waals surface area (Å²) in [4.78, 5) is 0. The number of aliphatic hydroxyl groups is 14. The van der Waals surface area contributed by atoms with Crippen molar-refractivity contribution in [3.05, 3.63) is 0 Å². The van der Waals surface area contributed by atoms with E-state index < -0.39 is 149 Å². The summed E-state index contributed by atoms with van der Waals surface area (Å²) in [6, 6.07) is 0. The summed E-state index contributed by atoms with van der Waals surface area (Å²) in [5.74, 6) is -2.43. The molecule has 0 amide bonds. The third kappa shape index (κ3) is 7.15. The van der Waals surface area contributed by atoms with Gasteiger partial charge >= 0.3 is 0 Å². The summed E-state index contributed by atoms with van der Waals surface area (Å²) < 4.78 is 37.7. The fourth-order valence-electron chi connectivity index (χ4n) is 5.50. The zero-order valence-corrected chi connectivity index (χ0v) is 23.5. The quantitative estimate of drug-likeness (QED) is 0.0973. The highest BCUT2D eigenvalue weighted by Crippen LogP contribution is 2.36. The molecule has 4 heterocycles. The highest BCUT2D eigenvalue weighted by atomic mass is 16.8. The maximum Gasteiger partial charge on any atom is 0.224 e. The third-order valence-corrected chi connectivity index (χ3v) is 8.28. The second kappa shape index (κ2) is 15.1. The molecule has 45 heavy (non-hydrogen) atoms. The Labute approximate surface area is 254 Å². The van der Waals surface area contributed by atoms with E-state index >= 15 is 0 Å². The minimum absolute atomic E-state index is 0.743. The van der Waals surface area contributed by atoms with Crippen LogP contribution >= 0.6 is 0 Å². The first kappa shape index (κ1) is 37.0. The Morgan fingerprint density at radius 2 is 1.00 bits per heavy atom. The first-order valence-electron chi connectivity index (χ1n) is 14.1. The molecule has 4 rings (SSSR count). The maximum absolute atomic E-state index is 10.8. The molecule has 264 valence electrons. The first-order valence-corrected chi connectivity index (χ1v) is 14.1. The summed E-state index contributed by atoms with van der Waals surface area (Å²) in [6.07, 6.45) is -31.6. The summed E-state index contributed by atoms with van der Waals surface area (Å²) in [6.45, 7) is -4.27. The number of hydrogen-bond acceptors (Lipinski definition) is 21.